The van der Waals surface area contributed by atoms with E-state index in [1.54, 1.807) is 18.3 Å². The number of hydrogen-bond acceptors (Lipinski definition) is 7. The third-order valence-corrected chi connectivity index (χ3v) is 10.9. The predicted molar refractivity (Wildman–Crippen MR) is 149 cm³/mol. The van der Waals surface area contributed by atoms with Crippen LogP contribution in [0.25, 0.3) is 0 Å². The molecule has 0 radical (unpaired) electrons. The summed E-state index contributed by atoms with van der Waals surface area (Å²) in [7, 11) is 0. The summed E-state index contributed by atoms with van der Waals surface area (Å²) < 4.78 is 0.981. The number of nitriles is 1. The van der Waals surface area contributed by atoms with Gasteiger partial charge in [0.15, 0.2) is 5.78 Å². The van der Waals surface area contributed by atoms with Crippen molar-refractivity contribution in [3.63, 3.8) is 0 Å². The number of benzene rings is 1. The molecule has 0 saturated carbocycles. The zero-order valence-corrected chi connectivity index (χ0v) is 23.1. The maximum Gasteiger partial charge on any atom is 0.202 e. The SMILES string of the molecule is CC(=O)c1ccc(C(c2ccc(Br)s2)(c2ccc(C#N)s2)c2ccc(C(=O)c3ccccc3)s2)s1. The van der Waals surface area contributed by atoms with E-state index in [0.29, 0.717) is 20.2 Å². The van der Waals surface area contributed by atoms with Gasteiger partial charge in [0.1, 0.15) is 16.4 Å². The summed E-state index contributed by atoms with van der Waals surface area (Å²) in [5.41, 5.74) is -0.0995. The highest BCUT2D eigenvalue weighted by Crippen LogP contribution is 2.53. The molecule has 0 bridgehead atoms. The van der Waals surface area contributed by atoms with Crippen LogP contribution in [0.4, 0.5) is 0 Å². The smallest absolute Gasteiger partial charge is 0.202 e. The molecule has 0 fully saturated rings. The molecule has 4 heterocycles. The number of Topliss-reactive ketones (excluding diaryl/α,β-unsaturated/α-hetero) is 1. The van der Waals surface area contributed by atoms with E-state index in [1.165, 1.54) is 34.0 Å². The molecule has 172 valence electrons. The molecule has 0 aliphatic heterocycles. The van der Waals surface area contributed by atoms with Gasteiger partial charge in [0.25, 0.3) is 0 Å². The van der Waals surface area contributed by atoms with Crippen LogP contribution in [0.15, 0.2) is 82.6 Å². The van der Waals surface area contributed by atoms with Gasteiger partial charge in [0.05, 0.1) is 13.5 Å². The predicted octanol–water partition coefficient (Wildman–Crippen LogP) is 8.38. The first-order valence-corrected chi connectivity index (χ1v) is 14.6. The molecule has 3 nitrogen and oxygen atoms in total. The second kappa shape index (κ2) is 9.76. The average molecular weight is 595 g/mol. The fraction of sp³-hybridized carbons (Fsp3) is 0.0741. The summed E-state index contributed by atoms with van der Waals surface area (Å²) in [5.74, 6) is -0.0138. The van der Waals surface area contributed by atoms with Gasteiger partial charge in [-0.1, -0.05) is 30.3 Å². The Bertz CT molecular complexity index is 1580. The van der Waals surface area contributed by atoms with E-state index in [0.717, 1.165) is 23.3 Å². The van der Waals surface area contributed by atoms with Crippen LogP contribution in [-0.4, -0.2) is 11.6 Å². The molecular weight excluding hydrogens is 578 g/mol. The molecule has 5 rings (SSSR count). The number of ketones is 2. The molecule has 0 amide bonds. The lowest BCUT2D eigenvalue weighted by atomic mass is 9.81. The average Bonchev–Trinajstić information content (AvgIpc) is 3.67. The Kier molecular flexibility index (Phi) is 6.71. The van der Waals surface area contributed by atoms with Gasteiger partial charge in [-0.2, -0.15) is 5.26 Å². The normalized spacial score (nSPS) is 12.7. The first-order chi connectivity index (χ1) is 16.9. The van der Waals surface area contributed by atoms with Crippen LogP contribution >= 0.6 is 61.3 Å². The topological polar surface area (TPSA) is 57.9 Å². The van der Waals surface area contributed by atoms with E-state index in [9.17, 15) is 14.9 Å². The van der Waals surface area contributed by atoms with E-state index in [4.69, 9.17) is 0 Å². The van der Waals surface area contributed by atoms with Crippen LogP contribution in [-0.2, 0) is 5.41 Å². The number of halogens is 1. The van der Waals surface area contributed by atoms with Crippen molar-refractivity contribution in [1.29, 1.82) is 5.26 Å². The van der Waals surface area contributed by atoms with E-state index < -0.39 is 5.41 Å². The minimum atomic E-state index is -0.741. The molecular formula is C27H16BrNO2S4. The van der Waals surface area contributed by atoms with Gasteiger partial charge in [-0.05, 0) is 71.4 Å². The van der Waals surface area contributed by atoms with Crippen LogP contribution < -0.4 is 0 Å². The Hall–Kier alpha value is -2.67. The third-order valence-electron chi connectivity index (χ3n) is 5.59. The molecule has 8 heteroatoms. The van der Waals surface area contributed by atoms with Crippen LogP contribution in [0.3, 0.4) is 0 Å². The number of nitrogens with zero attached hydrogens (tertiary/aromatic N) is 1. The molecule has 4 aromatic heterocycles. The van der Waals surface area contributed by atoms with Crippen LogP contribution in [0.5, 0.6) is 0 Å². The molecule has 0 saturated heterocycles. The highest BCUT2D eigenvalue weighted by atomic mass is 79.9. The van der Waals surface area contributed by atoms with Crippen molar-refractivity contribution >= 4 is 72.8 Å². The lowest BCUT2D eigenvalue weighted by molar-refractivity contribution is 0.101. The van der Waals surface area contributed by atoms with E-state index in [-0.39, 0.29) is 11.6 Å². The number of carbonyl (C=O) groups is 2. The van der Waals surface area contributed by atoms with Crippen LogP contribution in [0.2, 0.25) is 0 Å². The second-order valence-corrected chi connectivity index (χ2v) is 13.4. The molecule has 1 unspecified atom stereocenters. The molecule has 0 aliphatic carbocycles. The molecule has 35 heavy (non-hydrogen) atoms. The Morgan fingerprint density at radius 3 is 1.89 bits per heavy atom. The largest absolute Gasteiger partial charge is 0.294 e. The van der Waals surface area contributed by atoms with Crippen molar-refractivity contribution in [1.82, 2.24) is 0 Å². The quantitative estimate of drug-likeness (QED) is 0.178. The highest BCUT2D eigenvalue weighted by molar-refractivity contribution is 9.11. The number of thiophene rings is 4. The minimum Gasteiger partial charge on any atom is -0.294 e. The lowest BCUT2D eigenvalue weighted by Gasteiger charge is -2.30. The van der Waals surface area contributed by atoms with Crippen molar-refractivity contribution in [2.24, 2.45) is 0 Å². The number of hydrogen-bond donors (Lipinski definition) is 0. The van der Waals surface area contributed by atoms with Gasteiger partial charge in [-0.15, -0.1) is 45.3 Å². The van der Waals surface area contributed by atoms with E-state index in [1.807, 2.05) is 72.8 Å². The molecule has 0 spiro atoms. The maximum atomic E-state index is 13.3. The number of rotatable bonds is 7. The summed E-state index contributed by atoms with van der Waals surface area (Å²) >= 11 is 9.59. The van der Waals surface area contributed by atoms with E-state index >= 15 is 0 Å². The molecule has 1 atom stereocenters. The molecule has 0 N–H and O–H groups in total. The van der Waals surface area contributed by atoms with Gasteiger partial charge in [0, 0.05) is 25.1 Å². The van der Waals surface area contributed by atoms with Crippen molar-refractivity contribution in [3.8, 4) is 6.07 Å². The summed E-state index contributed by atoms with van der Waals surface area (Å²) in [5, 5.41) is 9.58. The molecule has 0 aliphatic rings. The van der Waals surface area contributed by atoms with Crippen LogP contribution in [0.1, 0.15) is 56.2 Å². The first-order valence-electron chi connectivity index (χ1n) is 10.5. The summed E-state index contributed by atoms with van der Waals surface area (Å²) in [6.45, 7) is 1.57. The first kappa shape index (κ1) is 24.0. The highest BCUT2D eigenvalue weighted by Gasteiger charge is 2.44. The number of carbonyl (C=O) groups excluding carboxylic acids is 2. The summed E-state index contributed by atoms with van der Waals surface area (Å²) in [6, 6.07) is 27.2. The Morgan fingerprint density at radius 2 is 1.31 bits per heavy atom. The molecule has 5 aromatic rings. The van der Waals surface area contributed by atoms with Crippen molar-refractivity contribution in [2.75, 3.05) is 0 Å². The van der Waals surface area contributed by atoms with Gasteiger partial charge < -0.3 is 0 Å². The standard InChI is InChI=1S/C27H16BrNO2S4/c1-16(30)19-8-11-22(33-19)27(24-13-14-25(28)35-24,21-10-7-18(15-29)32-21)23-12-9-20(34-23)26(31)17-5-3-2-4-6-17/h2-14H,1H3. The summed E-state index contributed by atoms with van der Waals surface area (Å²) in [6.07, 6.45) is 0. The fourth-order valence-corrected chi connectivity index (χ4v) is 9.35. The fourth-order valence-electron chi connectivity index (χ4n) is 3.97. The van der Waals surface area contributed by atoms with Gasteiger partial charge in [-0.25, -0.2) is 0 Å². The zero-order chi connectivity index (χ0) is 24.6. The van der Waals surface area contributed by atoms with Crippen molar-refractivity contribution < 1.29 is 9.59 Å². The third kappa shape index (κ3) is 4.28. The zero-order valence-electron chi connectivity index (χ0n) is 18.3. The van der Waals surface area contributed by atoms with Crippen LogP contribution in [0, 0.1) is 11.3 Å². The second-order valence-electron chi connectivity index (χ2n) is 7.71. The van der Waals surface area contributed by atoms with Crippen molar-refractivity contribution in [2.45, 2.75) is 12.3 Å². The maximum absolute atomic E-state index is 13.3. The molecule has 1 aromatic carbocycles. The van der Waals surface area contributed by atoms with Crippen molar-refractivity contribution in [3.05, 3.63) is 122 Å². The lowest BCUT2D eigenvalue weighted by Crippen LogP contribution is -2.26. The van der Waals surface area contributed by atoms with Gasteiger partial charge in [0.2, 0.25) is 5.78 Å². The summed E-state index contributed by atoms with van der Waals surface area (Å²) in [4.78, 5) is 31.4. The minimum absolute atomic E-state index is 0.0116. The Morgan fingerprint density at radius 1 is 0.743 bits per heavy atom. The van der Waals surface area contributed by atoms with E-state index in [2.05, 4.69) is 28.1 Å². The van der Waals surface area contributed by atoms with Gasteiger partial charge >= 0.3 is 0 Å². The monoisotopic (exact) mass is 593 g/mol. The Labute approximate surface area is 227 Å². The Balaban J connectivity index is 1.78. The van der Waals surface area contributed by atoms with Gasteiger partial charge in [-0.3, -0.25) is 9.59 Å².